The molecule has 5 nitrogen and oxygen atoms in total. The fourth-order valence-electron chi connectivity index (χ4n) is 3.39. The molecule has 0 bridgehead atoms. The highest BCUT2D eigenvalue weighted by atomic mass is 16.6. The molecule has 0 unspecified atom stereocenters. The molecule has 2 fully saturated rings. The van der Waals surface area contributed by atoms with Crippen LogP contribution in [0.5, 0.6) is 0 Å². The minimum Gasteiger partial charge on any atom is -0.480 e. The number of rotatable bonds is 1. The van der Waals surface area contributed by atoms with E-state index in [0.29, 0.717) is 24.8 Å². The van der Waals surface area contributed by atoms with E-state index in [1.54, 1.807) is 20.8 Å². The van der Waals surface area contributed by atoms with Gasteiger partial charge in [0.25, 0.3) is 0 Å². The Morgan fingerprint density at radius 2 is 1.75 bits per heavy atom. The van der Waals surface area contributed by atoms with Gasteiger partial charge >= 0.3 is 12.1 Å². The number of piperidine rings is 1. The van der Waals surface area contributed by atoms with Crippen molar-refractivity contribution in [3.8, 4) is 0 Å². The minimum atomic E-state index is -0.917. The number of carbonyl (C=O) groups excluding carboxylic acids is 1. The van der Waals surface area contributed by atoms with Gasteiger partial charge in [0, 0.05) is 6.54 Å². The van der Waals surface area contributed by atoms with E-state index in [0.717, 1.165) is 12.8 Å². The predicted molar refractivity (Wildman–Crippen MR) is 74.4 cm³/mol. The molecule has 1 saturated carbocycles. The molecule has 2 rings (SSSR count). The lowest BCUT2D eigenvalue weighted by atomic mass is 9.73. The van der Waals surface area contributed by atoms with Gasteiger partial charge in [-0.15, -0.1) is 0 Å². The van der Waals surface area contributed by atoms with Crippen LogP contribution in [0.15, 0.2) is 0 Å². The number of ether oxygens (including phenoxy) is 1. The first-order chi connectivity index (χ1) is 9.28. The van der Waals surface area contributed by atoms with Gasteiger partial charge in [0.15, 0.2) is 0 Å². The Morgan fingerprint density at radius 3 is 2.30 bits per heavy atom. The quantitative estimate of drug-likeness (QED) is 0.803. The van der Waals surface area contributed by atoms with Gasteiger partial charge in [0.1, 0.15) is 11.6 Å². The average molecular weight is 283 g/mol. The van der Waals surface area contributed by atoms with Crippen LogP contribution in [0.3, 0.4) is 0 Å². The number of aliphatic carboxylic acids is 1. The lowest BCUT2D eigenvalue weighted by Crippen LogP contribution is -2.55. The molecule has 20 heavy (non-hydrogen) atoms. The first-order valence-electron chi connectivity index (χ1n) is 7.50. The van der Waals surface area contributed by atoms with E-state index in [9.17, 15) is 14.7 Å². The number of hydrogen-bond acceptors (Lipinski definition) is 3. The molecule has 0 spiro atoms. The summed E-state index contributed by atoms with van der Waals surface area (Å²) in [5.74, 6) is -0.0321. The van der Waals surface area contributed by atoms with Gasteiger partial charge in [-0.25, -0.2) is 9.59 Å². The molecule has 1 saturated heterocycles. The smallest absolute Gasteiger partial charge is 0.411 e. The lowest BCUT2D eigenvalue weighted by molar-refractivity contribution is -0.146. The molecule has 0 radical (unpaired) electrons. The van der Waals surface area contributed by atoms with E-state index < -0.39 is 23.7 Å². The third kappa shape index (κ3) is 3.44. The first kappa shape index (κ1) is 15.1. The Morgan fingerprint density at radius 1 is 1.15 bits per heavy atom. The summed E-state index contributed by atoms with van der Waals surface area (Å²) in [7, 11) is 0. The van der Waals surface area contributed by atoms with Crippen LogP contribution >= 0.6 is 0 Å². The molecular formula is C15H25NO4. The number of amides is 1. The summed E-state index contributed by atoms with van der Waals surface area (Å²) in [6, 6.07) is -0.732. The van der Waals surface area contributed by atoms with Gasteiger partial charge in [-0.3, -0.25) is 4.90 Å². The summed E-state index contributed by atoms with van der Waals surface area (Å²) >= 11 is 0. The largest absolute Gasteiger partial charge is 0.480 e. The van der Waals surface area contributed by atoms with Gasteiger partial charge in [0.05, 0.1) is 0 Å². The fourth-order valence-corrected chi connectivity index (χ4v) is 3.39. The van der Waals surface area contributed by atoms with Crippen molar-refractivity contribution in [2.45, 2.75) is 64.5 Å². The zero-order chi connectivity index (χ0) is 14.9. The number of likely N-dealkylation sites (tertiary alicyclic amines) is 1. The van der Waals surface area contributed by atoms with Crippen molar-refractivity contribution in [2.24, 2.45) is 11.8 Å². The van der Waals surface area contributed by atoms with Crippen LogP contribution in [0.4, 0.5) is 4.79 Å². The maximum atomic E-state index is 12.2. The van der Waals surface area contributed by atoms with Crippen molar-refractivity contribution < 1.29 is 19.4 Å². The molecule has 1 N–H and O–H groups in total. The third-order valence-corrected chi connectivity index (χ3v) is 4.31. The monoisotopic (exact) mass is 283 g/mol. The topological polar surface area (TPSA) is 66.8 Å². The molecule has 0 aromatic carbocycles. The Hall–Kier alpha value is -1.26. The van der Waals surface area contributed by atoms with Crippen molar-refractivity contribution in [3.05, 3.63) is 0 Å². The Balaban J connectivity index is 2.11. The van der Waals surface area contributed by atoms with Gasteiger partial charge in [-0.1, -0.05) is 19.3 Å². The third-order valence-electron chi connectivity index (χ3n) is 4.31. The van der Waals surface area contributed by atoms with Crippen LogP contribution in [0.2, 0.25) is 0 Å². The molecule has 2 aliphatic rings. The second kappa shape index (κ2) is 5.62. The Bertz CT molecular complexity index is 388. The summed E-state index contributed by atoms with van der Waals surface area (Å²) in [4.78, 5) is 25.1. The lowest BCUT2D eigenvalue weighted by Gasteiger charge is -2.44. The van der Waals surface area contributed by atoms with Gasteiger partial charge in [0.2, 0.25) is 0 Å². The standard InChI is InChI=1S/C15H25NO4/c1-15(2,3)20-14(19)16-9-11-7-5-4-6-10(11)8-12(16)13(17)18/h10-12H,4-9H2,1-3H3,(H,17,18)/t10-,11+,12-/m1/s1. The number of carbonyl (C=O) groups is 2. The minimum absolute atomic E-state index is 0.437. The predicted octanol–water partition coefficient (Wildman–Crippen LogP) is 2.89. The summed E-state index contributed by atoms with van der Waals surface area (Å²) in [5, 5.41) is 9.40. The summed E-state index contributed by atoms with van der Waals surface area (Å²) < 4.78 is 5.36. The molecular weight excluding hydrogens is 258 g/mol. The normalized spacial score (nSPS) is 30.6. The summed E-state index contributed by atoms with van der Waals surface area (Å²) in [6.45, 7) is 5.92. The molecule has 1 heterocycles. The molecule has 0 aromatic rings. The molecule has 3 atom stereocenters. The highest BCUT2D eigenvalue weighted by molar-refractivity contribution is 5.80. The average Bonchev–Trinajstić information content (AvgIpc) is 2.35. The molecule has 1 amide bonds. The van der Waals surface area contributed by atoms with Crippen LogP contribution in [-0.2, 0) is 9.53 Å². The summed E-state index contributed by atoms with van der Waals surface area (Å²) in [6.07, 6.45) is 4.63. The van der Waals surface area contributed by atoms with E-state index in [1.807, 2.05) is 0 Å². The highest BCUT2D eigenvalue weighted by Gasteiger charge is 2.43. The van der Waals surface area contributed by atoms with Crippen LogP contribution < -0.4 is 0 Å². The number of nitrogens with zero attached hydrogens (tertiary/aromatic N) is 1. The Kier molecular flexibility index (Phi) is 4.25. The van der Waals surface area contributed by atoms with Crippen molar-refractivity contribution >= 4 is 12.1 Å². The van der Waals surface area contributed by atoms with E-state index in [-0.39, 0.29) is 0 Å². The molecule has 114 valence electrons. The van der Waals surface area contributed by atoms with Crippen LogP contribution in [-0.4, -0.2) is 40.3 Å². The van der Waals surface area contributed by atoms with Crippen LogP contribution in [0.1, 0.15) is 52.9 Å². The second-order valence-electron chi connectivity index (χ2n) is 7.03. The van der Waals surface area contributed by atoms with E-state index >= 15 is 0 Å². The number of fused-ring (bicyclic) bond motifs is 1. The van der Waals surface area contributed by atoms with Crippen molar-refractivity contribution in [1.29, 1.82) is 0 Å². The molecule has 1 aliphatic heterocycles. The zero-order valence-corrected chi connectivity index (χ0v) is 12.6. The van der Waals surface area contributed by atoms with Gasteiger partial charge in [-0.05, 0) is 45.4 Å². The fraction of sp³-hybridized carbons (Fsp3) is 0.867. The zero-order valence-electron chi connectivity index (χ0n) is 12.6. The van der Waals surface area contributed by atoms with Crippen LogP contribution in [0, 0.1) is 11.8 Å². The number of carboxylic acids is 1. The second-order valence-corrected chi connectivity index (χ2v) is 7.03. The van der Waals surface area contributed by atoms with Crippen molar-refractivity contribution in [1.82, 2.24) is 4.90 Å². The maximum Gasteiger partial charge on any atom is 0.411 e. The van der Waals surface area contributed by atoms with Crippen LogP contribution in [0.25, 0.3) is 0 Å². The van der Waals surface area contributed by atoms with Gasteiger partial charge in [-0.2, -0.15) is 0 Å². The van der Waals surface area contributed by atoms with E-state index in [1.165, 1.54) is 17.7 Å². The number of hydrogen-bond donors (Lipinski definition) is 1. The van der Waals surface area contributed by atoms with Gasteiger partial charge < -0.3 is 9.84 Å². The number of carboxylic acid groups (broad SMARTS) is 1. The highest BCUT2D eigenvalue weighted by Crippen LogP contribution is 2.39. The molecule has 5 heteroatoms. The molecule has 1 aliphatic carbocycles. The maximum absolute atomic E-state index is 12.2. The van der Waals surface area contributed by atoms with Crippen molar-refractivity contribution in [3.63, 3.8) is 0 Å². The summed E-state index contributed by atoms with van der Waals surface area (Å²) in [5.41, 5.74) is -0.594. The van der Waals surface area contributed by atoms with Crippen molar-refractivity contribution in [2.75, 3.05) is 6.54 Å². The van der Waals surface area contributed by atoms with E-state index in [2.05, 4.69) is 0 Å². The van der Waals surface area contributed by atoms with E-state index in [4.69, 9.17) is 4.74 Å². The molecule has 0 aromatic heterocycles. The first-order valence-corrected chi connectivity index (χ1v) is 7.50. The SMILES string of the molecule is CC(C)(C)OC(=O)N1C[C@@H]2CCCC[C@@H]2C[C@@H]1C(=O)O. The Labute approximate surface area is 120 Å².